The average molecular weight is 195 g/mol. The quantitative estimate of drug-likeness (QED) is 0.676. The number of rotatable bonds is 3. The van der Waals surface area contributed by atoms with Gasteiger partial charge in [0.1, 0.15) is 5.75 Å². The van der Waals surface area contributed by atoms with Crippen LogP contribution in [0, 0.1) is 0 Å². The van der Waals surface area contributed by atoms with Gasteiger partial charge in [0.05, 0.1) is 26.0 Å². The average Bonchev–Trinajstić information content (AvgIpc) is 2.20. The SMILES string of the molecule is COC=Cc1c(OC)ccn(C)c1=O. The molecule has 0 N–H and O–H groups in total. The standard InChI is InChI=1S/C10H13NO3/c1-11-6-4-9(14-3)8(10(11)12)5-7-13-2/h4-7H,1-3H3. The summed E-state index contributed by atoms with van der Waals surface area (Å²) in [5.74, 6) is 0.543. The van der Waals surface area contributed by atoms with E-state index in [0.717, 1.165) is 0 Å². The second-order valence-corrected chi connectivity index (χ2v) is 2.75. The number of nitrogens with zero attached hydrogens (tertiary/aromatic N) is 1. The van der Waals surface area contributed by atoms with Crippen molar-refractivity contribution in [1.82, 2.24) is 4.57 Å². The van der Waals surface area contributed by atoms with Crippen LogP contribution in [-0.4, -0.2) is 18.8 Å². The first-order valence-electron chi connectivity index (χ1n) is 4.13. The first-order valence-corrected chi connectivity index (χ1v) is 4.13. The van der Waals surface area contributed by atoms with E-state index >= 15 is 0 Å². The van der Waals surface area contributed by atoms with Crippen molar-refractivity contribution in [1.29, 1.82) is 0 Å². The Kier molecular flexibility index (Phi) is 3.34. The molecule has 0 fully saturated rings. The van der Waals surface area contributed by atoms with E-state index in [9.17, 15) is 4.79 Å². The van der Waals surface area contributed by atoms with Crippen LogP contribution in [0.2, 0.25) is 0 Å². The molecule has 76 valence electrons. The highest BCUT2D eigenvalue weighted by molar-refractivity contribution is 5.55. The van der Waals surface area contributed by atoms with E-state index in [2.05, 4.69) is 0 Å². The third kappa shape index (κ3) is 1.96. The molecule has 0 aliphatic carbocycles. The van der Waals surface area contributed by atoms with Crippen LogP contribution in [0.1, 0.15) is 5.56 Å². The summed E-state index contributed by atoms with van der Waals surface area (Å²) < 4.78 is 11.3. The first-order chi connectivity index (χ1) is 6.70. The molecule has 0 radical (unpaired) electrons. The molecule has 0 aliphatic rings. The van der Waals surface area contributed by atoms with Crippen LogP contribution in [0.15, 0.2) is 23.3 Å². The smallest absolute Gasteiger partial charge is 0.261 e. The molecule has 0 atom stereocenters. The fourth-order valence-electron chi connectivity index (χ4n) is 1.10. The molecule has 1 rings (SSSR count). The molecule has 0 aromatic carbocycles. The summed E-state index contributed by atoms with van der Waals surface area (Å²) in [6.07, 6.45) is 4.69. The highest BCUT2D eigenvalue weighted by atomic mass is 16.5. The van der Waals surface area contributed by atoms with Gasteiger partial charge in [-0.2, -0.15) is 0 Å². The number of ether oxygens (including phenoxy) is 2. The van der Waals surface area contributed by atoms with Gasteiger partial charge < -0.3 is 14.0 Å². The number of hydrogen-bond acceptors (Lipinski definition) is 3. The predicted octanol–water partition coefficient (Wildman–Crippen LogP) is 1.01. The molecule has 0 saturated heterocycles. The van der Waals surface area contributed by atoms with Crippen LogP contribution in [0.3, 0.4) is 0 Å². The Labute approximate surface area is 82.4 Å². The van der Waals surface area contributed by atoms with Crippen LogP contribution in [0.5, 0.6) is 5.75 Å². The van der Waals surface area contributed by atoms with Gasteiger partial charge in [-0.3, -0.25) is 4.79 Å². The van der Waals surface area contributed by atoms with Gasteiger partial charge in [0.25, 0.3) is 5.56 Å². The normalized spacial score (nSPS) is 10.5. The fourth-order valence-corrected chi connectivity index (χ4v) is 1.10. The molecule has 1 aromatic heterocycles. The Morgan fingerprint density at radius 2 is 2.14 bits per heavy atom. The third-order valence-electron chi connectivity index (χ3n) is 1.86. The zero-order valence-corrected chi connectivity index (χ0v) is 8.48. The van der Waals surface area contributed by atoms with Gasteiger partial charge >= 0.3 is 0 Å². The molecule has 0 unspecified atom stereocenters. The Bertz CT molecular complexity index is 393. The van der Waals surface area contributed by atoms with Gasteiger partial charge in [0.2, 0.25) is 0 Å². The third-order valence-corrected chi connectivity index (χ3v) is 1.86. The van der Waals surface area contributed by atoms with Gasteiger partial charge in [0.15, 0.2) is 0 Å². The lowest BCUT2D eigenvalue weighted by Gasteiger charge is -2.05. The van der Waals surface area contributed by atoms with Gasteiger partial charge in [-0.1, -0.05) is 0 Å². The van der Waals surface area contributed by atoms with Crippen LogP contribution in [-0.2, 0) is 11.8 Å². The fraction of sp³-hybridized carbons (Fsp3) is 0.300. The molecule has 4 nitrogen and oxygen atoms in total. The molecular weight excluding hydrogens is 182 g/mol. The van der Waals surface area contributed by atoms with E-state index in [0.29, 0.717) is 11.3 Å². The Balaban J connectivity index is 3.28. The summed E-state index contributed by atoms with van der Waals surface area (Å²) in [5.41, 5.74) is 0.372. The van der Waals surface area contributed by atoms with Crippen LogP contribution in [0.4, 0.5) is 0 Å². The van der Waals surface area contributed by atoms with Gasteiger partial charge in [-0.05, 0) is 12.1 Å². The van der Waals surface area contributed by atoms with Crippen molar-refractivity contribution >= 4 is 6.08 Å². The molecule has 4 heteroatoms. The van der Waals surface area contributed by atoms with Crippen molar-refractivity contribution in [3.05, 3.63) is 34.4 Å². The Morgan fingerprint density at radius 3 is 2.71 bits per heavy atom. The van der Waals surface area contributed by atoms with E-state index < -0.39 is 0 Å². The van der Waals surface area contributed by atoms with E-state index in [1.807, 2.05) is 0 Å². The van der Waals surface area contributed by atoms with Crippen molar-refractivity contribution in [2.45, 2.75) is 0 Å². The lowest BCUT2D eigenvalue weighted by Crippen LogP contribution is -2.18. The van der Waals surface area contributed by atoms with Gasteiger partial charge in [-0.15, -0.1) is 0 Å². The summed E-state index contributed by atoms with van der Waals surface area (Å²) in [6, 6.07) is 1.73. The van der Waals surface area contributed by atoms with Crippen molar-refractivity contribution in [3.8, 4) is 5.75 Å². The van der Waals surface area contributed by atoms with Gasteiger partial charge in [0, 0.05) is 13.2 Å². The number of aromatic nitrogens is 1. The predicted molar refractivity (Wildman–Crippen MR) is 54.3 cm³/mol. The molecule has 0 spiro atoms. The first kappa shape index (κ1) is 10.4. The van der Waals surface area contributed by atoms with Crippen molar-refractivity contribution in [3.63, 3.8) is 0 Å². The monoisotopic (exact) mass is 195 g/mol. The summed E-state index contributed by atoms with van der Waals surface area (Å²) >= 11 is 0. The van der Waals surface area contributed by atoms with E-state index in [1.54, 1.807) is 25.4 Å². The van der Waals surface area contributed by atoms with Gasteiger partial charge in [-0.25, -0.2) is 0 Å². The second-order valence-electron chi connectivity index (χ2n) is 2.75. The summed E-state index contributed by atoms with van der Waals surface area (Å²) in [6.45, 7) is 0. The minimum absolute atomic E-state index is 0.113. The number of methoxy groups -OCH3 is 2. The lowest BCUT2D eigenvalue weighted by atomic mass is 10.2. The van der Waals surface area contributed by atoms with Crippen LogP contribution < -0.4 is 10.3 Å². The largest absolute Gasteiger partial charge is 0.504 e. The maximum Gasteiger partial charge on any atom is 0.261 e. The molecule has 0 aliphatic heterocycles. The summed E-state index contributed by atoms with van der Waals surface area (Å²) in [7, 11) is 4.74. The lowest BCUT2D eigenvalue weighted by molar-refractivity contribution is 0.341. The van der Waals surface area contributed by atoms with Crippen LogP contribution in [0.25, 0.3) is 6.08 Å². The molecule has 0 bridgehead atoms. The van der Waals surface area contributed by atoms with E-state index in [1.165, 1.54) is 25.0 Å². The molecule has 0 amide bonds. The van der Waals surface area contributed by atoms with E-state index in [-0.39, 0.29) is 5.56 Å². The highest BCUT2D eigenvalue weighted by Crippen LogP contribution is 2.14. The summed E-state index contributed by atoms with van der Waals surface area (Å²) in [5, 5.41) is 0. The summed E-state index contributed by atoms with van der Waals surface area (Å²) in [4.78, 5) is 11.6. The topological polar surface area (TPSA) is 40.5 Å². The highest BCUT2D eigenvalue weighted by Gasteiger charge is 2.05. The Morgan fingerprint density at radius 1 is 1.43 bits per heavy atom. The zero-order chi connectivity index (χ0) is 10.6. The molecule has 1 aromatic rings. The minimum Gasteiger partial charge on any atom is -0.504 e. The van der Waals surface area contributed by atoms with E-state index in [4.69, 9.17) is 9.47 Å². The number of aryl methyl sites for hydroxylation is 1. The molecular formula is C10H13NO3. The maximum absolute atomic E-state index is 11.6. The second kappa shape index (κ2) is 4.50. The minimum atomic E-state index is -0.113. The van der Waals surface area contributed by atoms with Crippen molar-refractivity contribution in [2.24, 2.45) is 7.05 Å². The Hall–Kier alpha value is -1.71. The maximum atomic E-state index is 11.6. The molecule has 0 saturated carbocycles. The van der Waals surface area contributed by atoms with Crippen molar-refractivity contribution in [2.75, 3.05) is 14.2 Å². The number of hydrogen-bond donors (Lipinski definition) is 0. The van der Waals surface area contributed by atoms with Crippen LogP contribution >= 0.6 is 0 Å². The molecule has 1 heterocycles. The molecule has 14 heavy (non-hydrogen) atoms. The van der Waals surface area contributed by atoms with Crippen molar-refractivity contribution < 1.29 is 9.47 Å². The number of pyridine rings is 1. The zero-order valence-electron chi connectivity index (χ0n) is 8.48.